The van der Waals surface area contributed by atoms with Gasteiger partial charge in [0, 0.05) is 30.6 Å². The molecule has 3 heterocycles. The standard InChI is InChI=1S/C25H25N3O6/c29-22-9-8-20(24(31)26-22)28-13-19-18(25(28)32)2-1-3-21(19)34-14-17-6-4-16(5-7-17)12-27-10-11-33-15-23(27)30/h1-7,20H,8-15H2,(H,26,29,31)/i15D. The number of nitrogens with zero attached hydrogens (tertiary/aromatic N) is 2. The van der Waals surface area contributed by atoms with E-state index >= 15 is 0 Å². The highest BCUT2D eigenvalue weighted by molar-refractivity contribution is 6.05. The number of imide groups is 1. The van der Waals surface area contributed by atoms with Crippen molar-refractivity contribution in [1.82, 2.24) is 15.1 Å². The van der Waals surface area contributed by atoms with Crippen molar-refractivity contribution in [2.24, 2.45) is 0 Å². The number of nitrogens with one attached hydrogen (secondary N) is 1. The van der Waals surface area contributed by atoms with Crippen molar-refractivity contribution in [2.45, 2.75) is 38.6 Å². The molecular formula is C25H25N3O6. The number of piperidine rings is 1. The second kappa shape index (κ2) is 9.26. The van der Waals surface area contributed by atoms with Crippen LogP contribution < -0.4 is 10.1 Å². The van der Waals surface area contributed by atoms with Crippen LogP contribution in [0.15, 0.2) is 42.5 Å². The molecule has 1 N–H and O–H groups in total. The predicted molar refractivity (Wildman–Crippen MR) is 119 cm³/mol. The van der Waals surface area contributed by atoms with Crippen molar-refractivity contribution in [1.29, 1.82) is 0 Å². The Bertz CT molecular complexity index is 1180. The monoisotopic (exact) mass is 464 g/mol. The third kappa shape index (κ3) is 4.38. The molecule has 176 valence electrons. The summed E-state index contributed by atoms with van der Waals surface area (Å²) < 4.78 is 18.7. The molecule has 0 radical (unpaired) electrons. The number of benzene rings is 2. The molecule has 2 unspecified atom stereocenters. The zero-order valence-electron chi connectivity index (χ0n) is 19.5. The molecule has 0 aromatic heterocycles. The predicted octanol–water partition coefficient (Wildman–Crippen LogP) is 1.39. The zero-order chi connectivity index (χ0) is 24.5. The lowest BCUT2D eigenvalue weighted by molar-refractivity contribution is -0.143. The Kier molecular flexibility index (Phi) is 5.68. The number of morpholine rings is 1. The van der Waals surface area contributed by atoms with Crippen LogP contribution in [-0.4, -0.2) is 59.2 Å². The minimum Gasteiger partial charge on any atom is -0.489 e. The van der Waals surface area contributed by atoms with E-state index in [0.717, 1.165) is 16.7 Å². The molecule has 2 fully saturated rings. The number of hydrogen-bond acceptors (Lipinski definition) is 6. The number of carbonyl (C=O) groups is 4. The second-order valence-electron chi connectivity index (χ2n) is 8.54. The van der Waals surface area contributed by atoms with E-state index in [1.165, 1.54) is 4.90 Å². The molecule has 0 aliphatic carbocycles. The number of carbonyl (C=O) groups excluding carboxylic acids is 4. The van der Waals surface area contributed by atoms with Crippen LogP contribution in [0.2, 0.25) is 0 Å². The highest BCUT2D eigenvalue weighted by atomic mass is 16.5. The van der Waals surface area contributed by atoms with Gasteiger partial charge in [-0.05, 0) is 29.7 Å². The summed E-state index contributed by atoms with van der Waals surface area (Å²) in [5.74, 6) is -0.751. The summed E-state index contributed by atoms with van der Waals surface area (Å²) in [6, 6.07) is 12.3. The van der Waals surface area contributed by atoms with Gasteiger partial charge in [0.25, 0.3) is 5.91 Å². The van der Waals surface area contributed by atoms with Crippen molar-refractivity contribution in [3.05, 3.63) is 64.7 Å². The van der Waals surface area contributed by atoms with Gasteiger partial charge in [-0.3, -0.25) is 24.5 Å². The molecule has 2 saturated heterocycles. The Morgan fingerprint density at radius 2 is 1.88 bits per heavy atom. The van der Waals surface area contributed by atoms with Gasteiger partial charge in [-0.15, -0.1) is 0 Å². The van der Waals surface area contributed by atoms with E-state index in [1.807, 2.05) is 24.3 Å². The summed E-state index contributed by atoms with van der Waals surface area (Å²) in [4.78, 5) is 51.9. The van der Waals surface area contributed by atoms with Crippen molar-refractivity contribution in [2.75, 3.05) is 19.7 Å². The van der Waals surface area contributed by atoms with Crippen LogP contribution in [0.1, 0.15) is 41.3 Å². The zero-order valence-corrected chi connectivity index (χ0v) is 18.5. The van der Waals surface area contributed by atoms with Crippen molar-refractivity contribution < 1.29 is 30.0 Å². The lowest BCUT2D eigenvalue weighted by Gasteiger charge is -2.29. The Morgan fingerprint density at radius 3 is 2.68 bits per heavy atom. The minimum atomic E-state index is -1.15. The van der Waals surface area contributed by atoms with Gasteiger partial charge in [-0.25, -0.2) is 0 Å². The SMILES string of the molecule is [2H]C1OCCN(Cc2ccc(COc3cccc4c3CN(C3CCC(=O)NC3=O)C4=O)cc2)C1=O. The van der Waals surface area contributed by atoms with Gasteiger partial charge >= 0.3 is 0 Å². The topological polar surface area (TPSA) is 105 Å². The maximum absolute atomic E-state index is 13.0. The smallest absolute Gasteiger partial charge is 0.255 e. The molecular weight excluding hydrogens is 438 g/mol. The molecule has 0 saturated carbocycles. The van der Waals surface area contributed by atoms with E-state index in [2.05, 4.69) is 5.32 Å². The van der Waals surface area contributed by atoms with Gasteiger partial charge in [0.15, 0.2) is 0 Å². The minimum absolute atomic E-state index is 0.208. The van der Waals surface area contributed by atoms with Gasteiger partial charge in [0.05, 0.1) is 14.5 Å². The molecule has 34 heavy (non-hydrogen) atoms. The maximum atomic E-state index is 13.0. The molecule has 3 aliphatic rings. The van der Waals surface area contributed by atoms with Crippen LogP contribution in [0.25, 0.3) is 0 Å². The Balaban J connectivity index is 1.23. The molecule has 9 heteroatoms. The molecule has 9 nitrogen and oxygen atoms in total. The van der Waals surface area contributed by atoms with E-state index in [1.54, 1.807) is 23.1 Å². The first-order valence-electron chi connectivity index (χ1n) is 11.8. The number of amides is 4. The molecule has 0 bridgehead atoms. The van der Waals surface area contributed by atoms with Gasteiger partial charge < -0.3 is 19.3 Å². The summed E-state index contributed by atoms with van der Waals surface area (Å²) in [6.07, 6.45) is 0.519. The Hall–Kier alpha value is -3.72. The lowest BCUT2D eigenvalue weighted by atomic mass is 10.0. The van der Waals surface area contributed by atoms with Crippen molar-refractivity contribution in [3.63, 3.8) is 0 Å². The van der Waals surface area contributed by atoms with Crippen LogP contribution in [0, 0.1) is 0 Å². The van der Waals surface area contributed by atoms with Gasteiger partial charge in [-0.2, -0.15) is 0 Å². The van der Waals surface area contributed by atoms with E-state index in [0.29, 0.717) is 37.4 Å². The summed E-state index contributed by atoms with van der Waals surface area (Å²) in [5, 5.41) is 2.31. The number of rotatable bonds is 6. The molecule has 2 aromatic carbocycles. The summed E-state index contributed by atoms with van der Waals surface area (Å²) >= 11 is 0. The molecule has 2 aromatic rings. The Labute approximate surface area is 198 Å². The average molecular weight is 464 g/mol. The van der Waals surface area contributed by atoms with E-state index in [-0.39, 0.29) is 37.3 Å². The van der Waals surface area contributed by atoms with E-state index in [9.17, 15) is 19.2 Å². The average Bonchev–Trinajstić information content (AvgIpc) is 3.18. The first-order chi connectivity index (χ1) is 16.9. The molecule has 0 spiro atoms. The third-order valence-corrected chi connectivity index (χ3v) is 6.30. The molecule has 2 atom stereocenters. The molecule has 3 aliphatic heterocycles. The highest BCUT2D eigenvalue weighted by Gasteiger charge is 2.40. The first kappa shape index (κ1) is 20.9. The van der Waals surface area contributed by atoms with Gasteiger partial charge in [0.2, 0.25) is 17.7 Å². The van der Waals surface area contributed by atoms with E-state index < -0.39 is 18.5 Å². The fourth-order valence-electron chi connectivity index (χ4n) is 4.45. The molecule has 5 rings (SSSR count). The lowest BCUT2D eigenvalue weighted by Crippen LogP contribution is -2.52. The van der Waals surface area contributed by atoms with Crippen LogP contribution in [0.5, 0.6) is 5.75 Å². The largest absolute Gasteiger partial charge is 0.489 e. The summed E-state index contributed by atoms with van der Waals surface area (Å²) in [7, 11) is 0. The van der Waals surface area contributed by atoms with Crippen LogP contribution in [0.4, 0.5) is 0 Å². The normalized spacial score (nSPS) is 23.0. The number of hydrogen-bond donors (Lipinski definition) is 1. The fourth-order valence-corrected chi connectivity index (χ4v) is 4.45. The van der Waals surface area contributed by atoms with Crippen LogP contribution in [-0.2, 0) is 38.8 Å². The summed E-state index contributed by atoms with van der Waals surface area (Å²) in [6.45, 7) is 0.628. The highest BCUT2D eigenvalue weighted by Crippen LogP contribution is 2.34. The van der Waals surface area contributed by atoms with E-state index in [4.69, 9.17) is 10.8 Å². The van der Waals surface area contributed by atoms with Crippen molar-refractivity contribution >= 4 is 23.6 Å². The number of ether oxygens (including phenoxy) is 2. The van der Waals surface area contributed by atoms with Gasteiger partial charge in [0.1, 0.15) is 25.0 Å². The second-order valence-corrected chi connectivity index (χ2v) is 8.54. The first-order valence-corrected chi connectivity index (χ1v) is 11.2. The summed E-state index contributed by atoms with van der Waals surface area (Å²) in [5.41, 5.74) is 3.10. The Morgan fingerprint density at radius 1 is 1.09 bits per heavy atom. The quantitative estimate of drug-likeness (QED) is 0.648. The number of fused-ring (bicyclic) bond motifs is 1. The third-order valence-electron chi connectivity index (χ3n) is 6.30. The maximum Gasteiger partial charge on any atom is 0.255 e. The van der Waals surface area contributed by atoms with Crippen LogP contribution in [0.3, 0.4) is 0 Å². The molecule has 4 amide bonds. The van der Waals surface area contributed by atoms with Crippen LogP contribution >= 0.6 is 0 Å². The van der Waals surface area contributed by atoms with Gasteiger partial charge in [-0.1, -0.05) is 30.3 Å². The fraction of sp³-hybridized carbons (Fsp3) is 0.360. The van der Waals surface area contributed by atoms with Crippen molar-refractivity contribution in [3.8, 4) is 5.75 Å².